The maximum atomic E-state index is 12.4. The third-order valence-electron chi connectivity index (χ3n) is 5.55. The van der Waals surface area contributed by atoms with Crippen LogP contribution < -0.4 is 9.61 Å². The molecule has 1 aromatic heterocycles. The number of carbonyl (C=O) groups is 2. The molecule has 3 aromatic rings. The zero-order valence-corrected chi connectivity index (χ0v) is 19.2. The lowest BCUT2D eigenvalue weighted by molar-refractivity contribution is -0.192. The quantitative estimate of drug-likeness (QED) is 0.387. The number of hydrogen-bond donors (Lipinski definition) is 1. The summed E-state index contributed by atoms with van der Waals surface area (Å²) in [4.78, 5) is 35.7. The van der Waals surface area contributed by atoms with Crippen LogP contribution in [0, 0.1) is 5.92 Å². The highest BCUT2D eigenvalue weighted by Gasteiger charge is 2.32. The number of aromatic nitrogens is 1. The zero-order valence-electron chi connectivity index (χ0n) is 18.4. The monoisotopic (exact) mass is 509 g/mol. The van der Waals surface area contributed by atoms with Crippen molar-refractivity contribution in [3.63, 3.8) is 0 Å². The van der Waals surface area contributed by atoms with Gasteiger partial charge in [-0.3, -0.25) is 14.2 Å². The summed E-state index contributed by atoms with van der Waals surface area (Å²) in [6.45, 7) is -1.18. The molecule has 1 aliphatic carbocycles. The molecule has 35 heavy (non-hydrogen) atoms. The second kappa shape index (κ2) is 10.2. The van der Waals surface area contributed by atoms with Gasteiger partial charge in [-0.1, -0.05) is 23.5 Å². The minimum Gasteiger partial charge on any atom is -0.492 e. The van der Waals surface area contributed by atoms with Crippen LogP contribution in [0.15, 0.2) is 47.3 Å². The van der Waals surface area contributed by atoms with Gasteiger partial charge in [-0.05, 0) is 48.7 Å². The van der Waals surface area contributed by atoms with Gasteiger partial charge in [0.05, 0.1) is 16.8 Å². The number of nitrogens with zero attached hydrogens (tertiary/aromatic N) is 1. The van der Waals surface area contributed by atoms with Crippen molar-refractivity contribution >= 4 is 33.3 Å². The van der Waals surface area contributed by atoms with E-state index in [0.29, 0.717) is 16.9 Å². The van der Waals surface area contributed by atoms with Gasteiger partial charge in [-0.25, -0.2) is 4.79 Å². The minimum absolute atomic E-state index is 0.105. The summed E-state index contributed by atoms with van der Waals surface area (Å²) >= 11 is 1.07. The highest BCUT2D eigenvalue weighted by atomic mass is 32.1. The molecule has 0 spiro atoms. The smallest absolute Gasteiger partial charge is 0.411 e. The SMILES string of the molecule is O=C(c1ccc2c(c1)sc(=O)n2CCOc1ccc(C[C@H](OCC(F)(F)F)C(=O)O)cc1)C1CC1. The van der Waals surface area contributed by atoms with Gasteiger partial charge >= 0.3 is 17.0 Å². The summed E-state index contributed by atoms with van der Waals surface area (Å²) in [5.74, 6) is -0.796. The van der Waals surface area contributed by atoms with Crippen molar-refractivity contribution in [2.45, 2.75) is 38.1 Å². The molecule has 0 radical (unpaired) electrons. The Bertz CT molecular complexity index is 1280. The number of ether oxygens (including phenoxy) is 2. The van der Waals surface area contributed by atoms with Gasteiger partial charge in [0.25, 0.3) is 0 Å². The van der Waals surface area contributed by atoms with Crippen molar-refractivity contribution in [1.82, 2.24) is 4.57 Å². The molecule has 0 bridgehead atoms. The second-order valence-electron chi connectivity index (χ2n) is 8.29. The number of thiazole rings is 1. The van der Waals surface area contributed by atoms with Gasteiger partial charge in [-0.2, -0.15) is 13.2 Å². The summed E-state index contributed by atoms with van der Waals surface area (Å²) in [7, 11) is 0. The average molecular weight is 510 g/mol. The molecule has 1 heterocycles. The van der Waals surface area contributed by atoms with Crippen LogP contribution in [-0.2, 0) is 22.5 Å². The Kier molecular flexibility index (Phi) is 7.27. The van der Waals surface area contributed by atoms with Crippen LogP contribution in [0.3, 0.4) is 0 Å². The highest BCUT2D eigenvalue weighted by molar-refractivity contribution is 7.16. The Labute approximate surface area is 201 Å². The molecule has 1 aliphatic rings. The van der Waals surface area contributed by atoms with E-state index in [-0.39, 0.29) is 36.1 Å². The average Bonchev–Trinajstić information content (AvgIpc) is 3.60. The van der Waals surface area contributed by atoms with Crippen LogP contribution >= 0.6 is 11.3 Å². The number of ketones is 1. The second-order valence-corrected chi connectivity index (χ2v) is 9.28. The summed E-state index contributed by atoms with van der Waals surface area (Å²) in [5, 5.41) is 9.10. The molecular formula is C24H22F3NO6S. The van der Waals surface area contributed by atoms with E-state index in [1.54, 1.807) is 47.0 Å². The minimum atomic E-state index is -4.61. The number of halogens is 3. The lowest BCUT2D eigenvalue weighted by Crippen LogP contribution is -2.31. The third-order valence-corrected chi connectivity index (χ3v) is 6.49. The van der Waals surface area contributed by atoms with Crippen molar-refractivity contribution in [3.8, 4) is 5.75 Å². The molecular weight excluding hydrogens is 487 g/mol. The fourth-order valence-corrected chi connectivity index (χ4v) is 4.57. The lowest BCUT2D eigenvalue weighted by atomic mass is 10.1. The molecule has 11 heteroatoms. The van der Waals surface area contributed by atoms with E-state index >= 15 is 0 Å². The summed E-state index contributed by atoms with van der Waals surface area (Å²) in [5.41, 5.74) is 1.83. The maximum Gasteiger partial charge on any atom is 0.411 e. The predicted molar refractivity (Wildman–Crippen MR) is 122 cm³/mol. The Morgan fingerprint density at radius 2 is 1.86 bits per heavy atom. The van der Waals surface area contributed by atoms with Crippen LogP contribution in [0.25, 0.3) is 10.2 Å². The standard InChI is InChI=1S/C24H22F3NO6S/c25-24(26,27)13-34-19(22(30)31)11-14-1-6-17(7-2-14)33-10-9-28-18-8-5-16(21(29)15-3-4-15)12-20(18)35-23(28)32/h1-2,5-8,12,15,19H,3-4,9-11,13H2,(H,30,31)/t19-/m0/s1. The predicted octanol–water partition coefficient (Wildman–Crippen LogP) is 4.31. The molecule has 0 aliphatic heterocycles. The zero-order chi connectivity index (χ0) is 25.2. The first kappa shape index (κ1) is 24.9. The first-order valence-electron chi connectivity index (χ1n) is 10.9. The van der Waals surface area contributed by atoms with E-state index in [9.17, 15) is 27.6 Å². The molecule has 1 saturated carbocycles. The summed E-state index contributed by atoms with van der Waals surface area (Å²) in [6.07, 6.45) is -4.64. The molecule has 1 N–H and O–H groups in total. The van der Waals surface area contributed by atoms with E-state index < -0.39 is 24.9 Å². The van der Waals surface area contributed by atoms with Gasteiger partial charge in [0.1, 0.15) is 19.0 Å². The Morgan fingerprint density at radius 1 is 1.14 bits per heavy atom. The van der Waals surface area contributed by atoms with Crippen LogP contribution in [0.4, 0.5) is 13.2 Å². The van der Waals surface area contributed by atoms with Crippen LogP contribution in [-0.4, -0.2) is 46.9 Å². The van der Waals surface area contributed by atoms with Gasteiger partial charge in [0.2, 0.25) is 0 Å². The number of rotatable bonds is 11. The molecule has 1 atom stereocenters. The van der Waals surface area contributed by atoms with E-state index in [1.807, 2.05) is 0 Å². The van der Waals surface area contributed by atoms with Crippen molar-refractivity contribution < 1.29 is 37.3 Å². The van der Waals surface area contributed by atoms with Gasteiger partial charge < -0.3 is 14.6 Å². The Balaban J connectivity index is 1.34. The number of carboxylic acid groups (broad SMARTS) is 1. The summed E-state index contributed by atoms with van der Waals surface area (Å²) in [6, 6.07) is 11.5. The molecule has 2 aromatic carbocycles. The molecule has 0 saturated heterocycles. The van der Waals surface area contributed by atoms with Crippen molar-refractivity contribution in [1.29, 1.82) is 0 Å². The number of alkyl halides is 3. The molecule has 1 fully saturated rings. The van der Waals surface area contributed by atoms with Gasteiger partial charge in [0, 0.05) is 17.9 Å². The normalized spacial score (nSPS) is 14.7. The van der Waals surface area contributed by atoms with Gasteiger partial charge in [0.15, 0.2) is 11.9 Å². The first-order valence-corrected chi connectivity index (χ1v) is 11.7. The van der Waals surface area contributed by atoms with Gasteiger partial charge in [-0.15, -0.1) is 0 Å². The van der Waals surface area contributed by atoms with Crippen molar-refractivity contribution in [2.75, 3.05) is 13.2 Å². The Hall–Kier alpha value is -3.18. The number of carboxylic acids is 1. The van der Waals surface area contributed by atoms with E-state index in [1.165, 1.54) is 0 Å². The molecule has 4 rings (SSSR count). The largest absolute Gasteiger partial charge is 0.492 e. The maximum absolute atomic E-state index is 12.4. The fourth-order valence-electron chi connectivity index (χ4n) is 3.62. The first-order chi connectivity index (χ1) is 16.6. The number of fused-ring (bicyclic) bond motifs is 1. The molecule has 0 amide bonds. The number of carbonyl (C=O) groups excluding carboxylic acids is 1. The van der Waals surface area contributed by atoms with Crippen molar-refractivity contribution in [2.24, 2.45) is 5.92 Å². The van der Waals surface area contributed by atoms with E-state index in [4.69, 9.17) is 9.84 Å². The number of Topliss-reactive ketones (excluding diaryl/α,β-unsaturated/α-hetero) is 1. The fraction of sp³-hybridized carbons (Fsp3) is 0.375. The topological polar surface area (TPSA) is 94.8 Å². The van der Waals surface area contributed by atoms with Crippen LogP contribution in [0.2, 0.25) is 0 Å². The van der Waals surface area contributed by atoms with Crippen LogP contribution in [0.1, 0.15) is 28.8 Å². The van der Waals surface area contributed by atoms with E-state index in [0.717, 1.165) is 34.4 Å². The van der Waals surface area contributed by atoms with Crippen molar-refractivity contribution in [3.05, 3.63) is 63.3 Å². The van der Waals surface area contributed by atoms with Crippen LogP contribution in [0.5, 0.6) is 5.75 Å². The highest BCUT2D eigenvalue weighted by Crippen LogP contribution is 2.33. The summed E-state index contributed by atoms with van der Waals surface area (Å²) < 4.78 is 49.4. The number of aliphatic carboxylic acids is 1. The molecule has 186 valence electrons. The Morgan fingerprint density at radius 3 is 2.49 bits per heavy atom. The molecule has 7 nitrogen and oxygen atoms in total. The lowest BCUT2D eigenvalue weighted by Gasteiger charge is -2.15. The molecule has 0 unspecified atom stereocenters. The number of benzene rings is 2. The number of hydrogen-bond acceptors (Lipinski definition) is 6. The third kappa shape index (κ3) is 6.49. The van der Waals surface area contributed by atoms with E-state index in [2.05, 4.69) is 4.74 Å².